The summed E-state index contributed by atoms with van der Waals surface area (Å²) in [7, 11) is -1.74. The summed E-state index contributed by atoms with van der Waals surface area (Å²) >= 11 is 0. The summed E-state index contributed by atoms with van der Waals surface area (Å²) < 4.78 is 27.7. The van der Waals surface area contributed by atoms with E-state index in [0.29, 0.717) is 25.6 Å². The Bertz CT molecular complexity index is 489. The van der Waals surface area contributed by atoms with Gasteiger partial charge in [0.1, 0.15) is 0 Å². The van der Waals surface area contributed by atoms with Crippen LogP contribution in [0, 0.1) is 5.92 Å². The van der Waals surface area contributed by atoms with Crippen molar-refractivity contribution in [1.82, 2.24) is 14.1 Å². The summed E-state index contributed by atoms with van der Waals surface area (Å²) in [5, 5.41) is 4.18. The largest absolute Gasteiger partial charge is 0.330 e. The summed E-state index contributed by atoms with van der Waals surface area (Å²) in [6.07, 6.45) is 4.29. The number of hydrogen-bond acceptors (Lipinski definition) is 4. The fourth-order valence-electron chi connectivity index (χ4n) is 2.42. The average Bonchev–Trinajstić information content (AvgIpc) is 2.77. The van der Waals surface area contributed by atoms with Gasteiger partial charge in [-0.15, -0.1) is 0 Å². The van der Waals surface area contributed by atoms with E-state index in [1.165, 1.54) is 10.9 Å². The van der Waals surface area contributed by atoms with Crippen LogP contribution in [0.1, 0.15) is 19.3 Å². The topological polar surface area (TPSA) is 81.2 Å². The van der Waals surface area contributed by atoms with Crippen molar-refractivity contribution in [1.29, 1.82) is 0 Å². The van der Waals surface area contributed by atoms with Crippen LogP contribution in [0.2, 0.25) is 0 Å². The predicted molar refractivity (Wildman–Crippen MR) is 68.4 cm³/mol. The van der Waals surface area contributed by atoms with E-state index in [1.54, 1.807) is 17.4 Å². The van der Waals surface area contributed by atoms with Crippen molar-refractivity contribution in [3.8, 4) is 0 Å². The summed E-state index contributed by atoms with van der Waals surface area (Å²) in [5.41, 5.74) is 5.53. The highest BCUT2D eigenvalue weighted by molar-refractivity contribution is 7.89. The third-order valence-corrected chi connectivity index (χ3v) is 5.50. The van der Waals surface area contributed by atoms with E-state index >= 15 is 0 Å². The molecular weight excluding hydrogens is 252 g/mol. The maximum absolute atomic E-state index is 12.4. The fourth-order valence-corrected chi connectivity index (χ4v) is 3.99. The van der Waals surface area contributed by atoms with E-state index < -0.39 is 10.0 Å². The summed E-state index contributed by atoms with van der Waals surface area (Å²) in [5.74, 6) is 0.563. The zero-order chi connectivity index (χ0) is 13.2. The lowest BCUT2D eigenvalue weighted by Gasteiger charge is -2.30. The van der Waals surface area contributed by atoms with Crippen LogP contribution in [0.15, 0.2) is 17.3 Å². The van der Waals surface area contributed by atoms with Gasteiger partial charge in [0.15, 0.2) is 5.03 Å². The highest BCUT2D eigenvalue weighted by Crippen LogP contribution is 2.24. The molecule has 6 nitrogen and oxygen atoms in total. The third-order valence-electron chi connectivity index (χ3n) is 3.53. The minimum Gasteiger partial charge on any atom is -0.330 e. The molecule has 0 bridgehead atoms. The Morgan fingerprint density at radius 1 is 1.44 bits per heavy atom. The van der Waals surface area contributed by atoms with Crippen molar-refractivity contribution < 1.29 is 8.42 Å². The fraction of sp³-hybridized carbons (Fsp3) is 0.727. The molecule has 1 fully saturated rings. The monoisotopic (exact) mass is 272 g/mol. The van der Waals surface area contributed by atoms with Crippen molar-refractivity contribution in [3.05, 3.63) is 12.3 Å². The number of sulfonamides is 1. The lowest BCUT2D eigenvalue weighted by molar-refractivity contribution is 0.264. The summed E-state index contributed by atoms with van der Waals surface area (Å²) in [4.78, 5) is 0. The highest BCUT2D eigenvalue weighted by atomic mass is 32.2. The molecule has 0 atom stereocenters. The number of aromatic nitrogens is 2. The van der Waals surface area contributed by atoms with Gasteiger partial charge in [0.05, 0.1) is 6.20 Å². The van der Waals surface area contributed by atoms with Crippen molar-refractivity contribution in [2.75, 3.05) is 19.6 Å². The number of aryl methyl sites for hydroxylation is 1. The molecule has 0 unspecified atom stereocenters. The Morgan fingerprint density at radius 3 is 2.61 bits per heavy atom. The quantitative estimate of drug-likeness (QED) is 0.847. The molecule has 2 rings (SSSR count). The molecule has 2 heterocycles. The minimum absolute atomic E-state index is 0.264. The van der Waals surface area contributed by atoms with Crippen molar-refractivity contribution in [3.63, 3.8) is 0 Å². The van der Waals surface area contributed by atoms with E-state index in [9.17, 15) is 8.42 Å². The van der Waals surface area contributed by atoms with E-state index in [4.69, 9.17) is 5.73 Å². The summed E-state index contributed by atoms with van der Waals surface area (Å²) in [6, 6.07) is 1.54. The van der Waals surface area contributed by atoms with E-state index in [-0.39, 0.29) is 5.03 Å². The maximum atomic E-state index is 12.4. The second-order valence-corrected chi connectivity index (χ2v) is 6.60. The van der Waals surface area contributed by atoms with Gasteiger partial charge < -0.3 is 5.73 Å². The van der Waals surface area contributed by atoms with Gasteiger partial charge in [0.2, 0.25) is 0 Å². The molecule has 1 aromatic rings. The molecule has 0 spiro atoms. The first-order valence-corrected chi connectivity index (χ1v) is 7.68. The van der Waals surface area contributed by atoms with Gasteiger partial charge in [0.25, 0.3) is 10.0 Å². The van der Waals surface area contributed by atoms with E-state index in [1.807, 2.05) is 0 Å². The first-order valence-electron chi connectivity index (χ1n) is 6.24. The van der Waals surface area contributed by atoms with Crippen LogP contribution < -0.4 is 5.73 Å². The zero-order valence-corrected chi connectivity index (χ0v) is 11.4. The highest BCUT2D eigenvalue weighted by Gasteiger charge is 2.30. The molecule has 1 saturated heterocycles. The van der Waals surface area contributed by atoms with Crippen molar-refractivity contribution in [2.45, 2.75) is 24.3 Å². The molecule has 0 amide bonds. The number of piperidine rings is 1. The summed E-state index contributed by atoms with van der Waals surface area (Å²) in [6.45, 7) is 1.84. The Hall–Kier alpha value is -0.920. The first-order chi connectivity index (χ1) is 8.55. The lowest BCUT2D eigenvalue weighted by atomic mass is 9.95. The van der Waals surface area contributed by atoms with Crippen LogP contribution in [0.3, 0.4) is 0 Å². The van der Waals surface area contributed by atoms with Crippen LogP contribution in [0.5, 0.6) is 0 Å². The van der Waals surface area contributed by atoms with Gasteiger partial charge >= 0.3 is 0 Å². The van der Waals surface area contributed by atoms with Gasteiger partial charge in [-0.05, 0) is 37.8 Å². The van der Waals surface area contributed by atoms with E-state index in [0.717, 1.165) is 19.3 Å². The Labute approximate surface area is 108 Å². The second-order valence-electron chi connectivity index (χ2n) is 4.72. The second kappa shape index (κ2) is 5.38. The molecule has 0 aliphatic carbocycles. The molecule has 1 aliphatic heterocycles. The standard InChI is InChI=1S/C11H20N4O2S/c1-14-11(3-7-13-14)18(16,17)15-8-4-10(2-6-12)5-9-15/h3,7,10H,2,4-6,8-9,12H2,1H3. The van der Waals surface area contributed by atoms with Crippen molar-refractivity contribution >= 4 is 10.0 Å². The number of nitrogens with two attached hydrogens (primary N) is 1. The SMILES string of the molecule is Cn1nccc1S(=O)(=O)N1CCC(CCN)CC1. The van der Waals surface area contributed by atoms with Gasteiger partial charge in [-0.1, -0.05) is 0 Å². The molecule has 18 heavy (non-hydrogen) atoms. The normalized spacial score (nSPS) is 19.2. The predicted octanol–water partition coefficient (Wildman–Crippen LogP) is 0.170. The molecule has 0 saturated carbocycles. The first kappa shape index (κ1) is 13.5. The molecule has 7 heteroatoms. The molecule has 2 N–H and O–H groups in total. The van der Waals surface area contributed by atoms with Crippen LogP contribution in [0.4, 0.5) is 0 Å². The van der Waals surface area contributed by atoms with Crippen LogP contribution >= 0.6 is 0 Å². The van der Waals surface area contributed by atoms with Crippen LogP contribution in [-0.4, -0.2) is 42.1 Å². The molecule has 0 aromatic carbocycles. The lowest BCUT2D eigenvalue weighted by Crippen LogP contribution is -2.39. The smallest absolute Gasteiger partial charge is 0.260 e. The molecular formula is C11H20N4O2S. The molecule has 1 aromatic heterocycles. The average molecular weight is 272 g/mol. The van der Waals surface area contributed by atoms with Gasteiger partial charge in [-0.3, -0.25) is 4.68 Å². The van der Waals surface area contributed by atoms with Crippen LogP contribution in [0.25, 0.3) is 0 Å². The molecule has 0 radical (unpaired) electrons. The maximum Gasteiger partial charge on any atom is 0.260 e. The Balaban J connectivity index is 2.08. The van der Waals surface area contributed by atoms with Gasteiger partial charge in [0, 0.05) is 20.1 Å². The third kappa shape index (κ3) is 2.57. The molecule has 102 valence electrons. The van der Waals surface area contributed by atoms with E-state index in [2.05, 4.69) is 5.10 Å². The van der Waals surface area contributed by atoms with Crippen molar-refractivity contribution in [2.24, 2.45) is 18.7 Å². The zero-order valence-electron chi connectivity index (χ0n) is 10.6. The Morgan fingerprint density at radius 2 is 2.11 bits per heavy atom. The number of nitrogens with zero attached hydrogens (tertiary/aromatic N) is 3. The van der Waals surface area contributed by atoms with Gasteiger partial charge in [-0.25, -0.2) is 8.42 Å². The Kier molecular flexibility index (Phi) is 4.04. The number of rotatable bonds is 4. The minimum atomic E-state index is -3.39. The number of hydrogen-bond donors (Lipinski definition) is 1. The van der Waals surface area contributed by atoms with Gasteiger partial charge in [-0.2, -0.15) is 9.40 Å². The molecule has 1 aliphatic rings. The van der Waals surface area contributed by atoms with Crippen LogP contribution in [-0.2, 0) is 17.1 Å².